The van der Waals surface area contributed by atoms with Gasteiger partial charge in [-0.1, -0.05) is 13.5 Å². The van der Waals surface area contributed by atoms with Gasteiger partial charge in [-0.2, -0.15) is 37.6 Å². The molecule has 29 heteroatoms. The predicted octanol–water partition coefficient (Wildman–Crippen LogP) is -5.13. The van der Waals surface area contributed by atoms with Crippen molar-refractivity contribution in [2.75, 3.05) is 5.32 Å². The van der Waals surface area contributed by atoms with Crippen LogP contribution in [0.2, 0.25) is 0 Å². The summed E-state index contributed by atoms with van der Waals surface area (Å²) in [6.45, 7) is 1.71. The molecule has 0 atom stereocenters. The first-order valence-electron chi connectivity index (χ1n) is 14.9. The van der Waals surface area contributed by atoms with Crippen molar-refractivity contribution in [3.05, 3.63) is 96.5 Å². The number of nitrogens with zero attached hydrogens (tertiary/aromatic N) is 6. The van der Waals surface area contributed by atoms with Gasteiger partial charge in [0.05, 0.1) is 56.6 Å². The SMILES string of the molecule is C.Cc1cc(Nc2cc(F)nc(F)n2)ccc1N=Nc1ccc(N=Nc2cc(S(=O)(=O)[O-])c3cc(SOO[O-])cc(S(=O)(=O)[O-])c3c2)c2cc(SOO[O-])ccc12.[Na+].[Na+].[Na+].[Na+]. The fourth-order valence-corrected chi connectivity index (χ4v) is 7.49. The molecule has 1 N–H and O–H groups in total. The van der Waals surface area contributed by atoms with Crippen LogP contribution >= 0.6 is 24.1 Å². The van der Waals surface area contributed by atoms with E-state index in [9.17, 15) is 45.2 Å². The molecule has 0 unspecified atom stereocenters. The number of benzene rings is 5. The Balaban J connectivity index is 0.00000372. The Hall–Kier alpha value is -1.16. The number of nitrogens with one attached hydrogen (secondary N) is 1. The molecule has 0 radical (unpaired) electrons. The number of fused-ring (bicyclic) bond motifs is 2. The van der Waals surface area contributed by atoms with Gasteiger partial charge in [0.2, 0.25) is 5.95 Å². The van der Waals surface area contributed by atoms with E-state index in [1.807, 2.05) is 0 Å². The topological polar surface area (TPSA) is 285 Å². The zero-order valence-electron chi connectivity index (χ0n) is 31.5. The van der Waals surface area contributed by atoms with E-state index in [2.05, 4.69) is 54.5 Å². The maximum atomic E-state index is 13.5. The zero-order valence-corrected chi connectivity index (χ0v) is 42.7. The molecular weight excluding hydrogens is 933 g/mol. The molecule has 0 amide bonds. The third-order valence-electron chi connectivity index (χ3n) is 7.42. The van der Waals surface area contributed by atoms with Crippen LogP contribution in [0.25, 0.3) is 21.5 Å². The summed E-state index contributed by atoms with van der Waals surface area (Å²) in [6.07, 6.45) is -1.24. The third-order valence-corrected chi connectivity index (χ3v) is 10.3. The quantitative estimate of drug-likeness (QED) is 0.0156. The van der Waals surface area contributed by atoms with Crippen LogP contribution in [0.5, 0.6) is 0 Å². The van der Waals surface area contributed by atoms with Crippen LogP contribution < -0.4 is 134 Å². The summed E-state index contributed by atoms with van der Waals surface area (Å²) >= 11 is 0.710. The number of anilines is 2. The van der Waals surface area contributed by atoms with Crippen molar-refractivity contribution >= 4 is 100 Å². The molecule has 19 nitrogen and oxygen atoms in total. The minimum atomic E-state index is -5.35. The van der Waals surface area contributed by atoms with Crippen LogP contribution in [0, 0.1) is 18.9 Å². The molecule has 0 spiro atoms. The van der Waals surface area contributed by atoms with Gasteiger partial charge in [0.25, 0.3) is 0 Å². The van der Waals surface area contributed by atoms with Crippen LogP contribution in [0.1, 0.15) is 13.0 Å². The van der Waals surface area contributed by atoms with Gasteiger partial charge in [0.1, 0.15) is 26.1 Å². The first-order chi connectivity index (χ1) is 26.6. The monoisotopic (exact) mass is 953 g/mol. The molecule has 5 aromatic carbocycles. The molecule has 298 valence electrons. The van der Waals surface area contributed by atoms with E-state index in [0.717, 1.165) is 30.3 Å². The number of halogens is 2. The van der Waals surface area contributed by atoms with Crippen LogP contribution in [0.4, 0.5) is 43.0 Å². The summed E-state index contributed by atoms with van der Waals surface area (Å²) in [5, 5.41) is 46.9. The van der Waals surface area contributed by atoms with Gasteiger partial charge < -0.3 is 24.9 Å². The molecule has 61 heavy (non-hydrogen) atoms. The second-order valence-electron chi connectivity index (χ2n) is 11.0. The molecule has 1 aromatic heterocycles. The van der Waals surface area contributed by atoms with Crippen LogP contribution in [-0.2, 0) is 39.0 Å². The second kappa shape index (κ2) is 25.5. The smallest absolute Gasteiger partial charge is 0.744 e. The molecule has 0 aliphatic carbocycles. The van der Waals surface area contributed by atoms with Crippen molar-refractivity contribution in [3.8, 4) is 0 Å². The molecular formula is C32H21F2N7Na4O12S4. The number of aryl methyl sites for hydroxylation is 1. The van der Waals surface area contributed by atoms with Crippen molar-refractivity contribution in [2.45, 2.75) is 33.9 Å². The maximum Gasteiger partial charge on any atom is 1.00 e. The average molecular weight is 954 g/mol. The molecule has 0 bridgehead atoms. The molecule has 0 aliphatic rings. The number of azo groups is 2. The van der Waals surface area contributed by atoms with Gasteiger partial charge in [0, 0.05) is 43.1 Å². The number of aromatic nitrogens is 2. The van der Waals surface area contributed by atoms with Gasteiger partial charge in [-0.25, -0.2) is 16.8 Å². The second-order valence-corrected chi connectivity index (χ2v) is 15.2. The van der Waals surface area contributed by atoms with E-state index in [1.165, 1.54) is 18.2 Å². The van der Waals surface area contributed by atoms with Crippen molar-refractivity contribution in [3.63, 3.8) is 0 Å². The molecule has 1 heterocycles. The largest absolute Gasteiger partial charge is 1.00 e. The standard InChI is InChI=1S/C31H21F2N7O12S4.CH4.4Na/c1-15-8-16(34-30-14-29(32)35-31(33)36-30)2-5-24(15)38-40-25-6-7-26(21-11-18(53-51-49-41)3-4-20(21)25)39-37-17-9-22-23(27(10-17)55(43,44)45)12-19(54-52-50-42)13-28(22)56(46,47)48;;;;;/h2-14,41-42H,1H3,(H,34,35,36)(H,43,44,45)(H,46,47,48);1H4;;;;/q;;4*+1/p-4. The van der Waals surface area contributed by atoms with Crippen LogP contribution in [0.3, 0.4) is 0 Å². The van der Waals surface area contributed by atoms with Crippen LogP contribution in [-0.4, -0.2) is 35.9 Å². The summed E-state index contributed by atoms with van der Waals surface area (Å²) in [4.78, 5) is 4.59. The third kappa shape index (κ3) is 15.2. The predicted molar refractivity (Wildman–Crippen MR) is 191 cm³/mol. The van der Waals surface area contributed by atoms with Gasteiger partial charge in [-0.15, -0.1) is 10.2 Å². The number of hydrogen-bond donors (Lipinski definition) is 1. The molecule has 0 aliphatic heterocycles. The summed E-state index contributed by atoms with van der Waals surface area (Å²) in [5.41, 5.74) is 1.52. The van der Waals surface area contributed by atoms with E-state index < -0.39 is 52.8 Å². The summed E-state index contributed by atoms with van der Waals surface area (Å²) in [7, 11) is -10.7. The van der Waals surface area contributed by atoms with E-state index >= 15 is 0 Å². The molecule has 0 saturated carbocycles. The Morgan fingerprint density at radius 3 is 1.77 bits per heavy atom. The van der Waals surface area contributed by atoms with Crippen LogP contribution in [0.15, 0.2) is 119 Å². The van der Waals surface area contributed by atoms with Gasteiger partial charge in [-0.05, 0) is 79.2 Å². The summed E-state index contributed by atoms with van der Waals surface area (Å²) < 4.78 is 109. The Morgan fingerprint density at radius 2 is 1.16 bits per heavy atom. The van der Waals surface area contributed by atoms with E-state index in [4.69, 9.17) is 0 Å². The molecule has 0 saturated heterocycles. The average Bonchev–Trinajstić information content (AvgIpc) is 3.13. The normalized spacial score (nSPS) is 11.4. The van der Waals surface area contributed by atoms with E-state index in [-0.39, 0.29) is 160 Å². The van der Waals surface area contributed by atoms with E-state index in [0.29, 0.717) is 50.3 Å². The first kappa shape index (κ1) is 57.9. The van der Waals surface area contributed by atoms with Gasteiger partial charge in [0.15, 0.2) is 0 Å². The summed E-state index contributed by atoms with van der Waals surface area (Å²) in [6, 6.07) is 16.9. The molecule has 6 aromatic rings. The van der Waals surface area contributed by atoms with Gasteiger partial charge in [-0.3, -0.25) is 10.1 Å². The zero-order chi connectivity index (χ0) is 40.2. The Kier molecular flexibility index (Phi) is 24.2. The van der Waals surface area contributed by atoms with E-state index in [1.54, 1.807) is 37.3 Å². The Labute approximate surface area is 442 Å². The van der Waals surface area contributed by atoms with Crippen molar-refractivity contribution in [2.24, 2.45) is 20.5 Å². The summed E-state index contributed by atoms with van der Waals surface area (Å²) in [5.74, 6) is -1.17. The minimum absolute atomic E-state index is 0. The molecule has 6 rings (SSSR count). The fourth-order valence-electron chi connectivity index (χ4n) is 5.17. The number of rotatable bonds is 14. The fraction of sp³-hybridized carbons (Fsp3) is 0.0625. The van der Waals surface area contributed by atoms with Crippen molar-refractivity contribution in [1.29, 1.82) is 0 Å². The Bertz CT molecular complexity index is 2780. The maximum absolute atomic E-state index is 13.5. The number of hydrogen-bond acceptors (Lipinski definition) is 21. The Morgan fingerprint density at radius 1 is 0.623 bits per heavy atom. The molecule has 0 fully saturated rings. The van der Waals surface area contributed by atoms with Crippen molar-refractivity contribution < 1.29 is 182 Å². The first-order valence-corrected chi connectivity index (χ1v) is 19.2. The minimum Gasteiger partial charge on any atom is -0.744 e. The van der Waals surface area contributed by atoms with Gasteiger partial charge >= 0.3 is 124 Å². The van der Waals surface area contributed by atoms with Crippen molar-refractivity contribution in [1.82, 2.24) is 9.97 Å².